The zero-order chi connectivity index (χ0) is 11.6. The molecule has 0 aromatic heterocycles. The number of rotatable bonds is 4. The molecule has 1 aliphatic carbocycles. The van der Waals surface area contributed by atoms with Crippen LogP contribution >= 0.6 is 0 Å². The third-order valence-corrected chi connectivity index (χ3v) is 4.27. The van der Waals surface area contributed by atoms with Crippen LogP contribution in [0.1, 0.15) is 39.5 Å². The first-order chi connectivity index (χ1) is 7.73. The predicted octanol–water partition coefficient (Wildman–Crippen LogP) is 1.63. The van der Waals surface area contributed by atoms with Gasteiger partial charge in [0.25, 0.3) is 0 Å². The molecule has 1 amide bonds. The Kier molecular flexibility index (Phi) is 3.53. The van der Waals surface area contributed by atoms with Crippen molar-refractivity contribution in [3.8, 4) is 0 Å². The lowest BCUT2D eigenvalue weighted by Crippen LogP contribution is -2.36. The fraction of sp³-hybridized carbons (Fsp3) is 0.923. The van der Waals surface area contributed by atoms with Gasteiger partial charge in [0.2, 0.25) is 5.91 Å². The Hall–Kier alpha value is -0.570. The molecule has 3 heteroatoms. The Morgan fingerprint density at radius 2 is 2.06 bits per heavy atom. The minimum atomic E-state index is 0.348. The number of piperidine rings is 1. The second-order valence-electron chi connectivity index (χ2n) is 5.29. The highest BCUT2D eigenvalue weighted by Crippen LogP contribution is 2.59. The van der Waals surface area contributed by atoms with Crippen LogP contribution in [0.2, 0.25) is 0 Å². The fourth-order valence-electron chi connectivity index (χ4n) is 3.09. The first-order valence-electron chi connectivity index (χ1n) is 6.73. The van der Waals surface area contributed by atoms with E-state index >= 15 is 0 Å². The van der Waals surface area contributed by atoms with Gasteiger partial charge in [0, 0.05) is 19.0 Å². The maximum atomic E-state index is 12.3. The molecule has 1 spiro atoms. The van der Waals surface area contributed by atoms with E-state index in [1.165, 1.54) is 12.8 Å². The molecule has 1 N–H and O–H groups in total. The van der Waals surface area contributed by atoms with Gasteiger partial charge in [-0.15, -0.1) is 0 Å². The monoisotopic (exact) mass is 224 g/mol. The number of carbonyl (C=O) groups is 1. The van der Waals surface area contributed by atoms with Gasteiger partial charge < -0.3 is 10.2 Å². The van der Waals surface area contributed by atoms with Crippen LogP contribution in [-0.4, -0.2) is 37.0 Å². The van der Waals surface area contributed by atoms with Gasteiger partial charge in [0.1, 0.15) is 0 Å². The third-order valence-electron chi connectivity index (χ3n) is 4.27. The molecule has 0 aromatic carbocycles. The van der Waals surface area contributed by atoms with Gasteiger partial charge >= 0.3 is 0 Å². The van der Waals surface area contributed by atoms with Gasteiger partial charge in [-0.25, -0.2) is 0 Å². The second-order valence-corrected chi connectivity index (χ2v) is 5.29. The van der Waals surface area contributed by atoms with Crippen LogP contribution in [-0.2, 0) is 4.79 Å². The van der Waals surface area contributed by atoms with E-state index in [1.807, 2.05) is 4.90 Å². The van der Waals surface area contributed by atoms with Crippen molar-refractivity contribution in [1.29, 1.82) is 0 Å². The molecular formula is C13H24N2O. The zero-order valence-electron chi connectivity index (χ0n) is 10.6. The minimum Gasteiger partial charge on any atom is -0.343 e. The lowest BCUT2D eigenvalue weighted by atomic mass is 9.91. The molecule has 0 bridgehead atoms. The average Bonchev–Trinajstić information content (AvgIpc) is 3.00. The minimum absolute atomic E-state index is 0.348. The number of carbonyl (C=O) groups excluding carboxylic acids is 1. The van der Waals surface area contributed by atoms with Crippen molar-refractivity contribution in [2.75, 3.05) is 26.2 Å². The normalized spacial score (nSPS) is 26.8. The van der Waals surface area contributed by atoms with Crippen LogP contribution in [0.15, 0.2) is 0 Å². The van der Waals surface area contributed by atoms with Gasteiger partial charge in [0.15, 0.2) is 0 Å². The topological polar surface area (TPSA) is 32.3 Å². The van der Waals surface area contributed by atoms with E-state index in [0.717, 1.165) is 39.0 Å². The van der Waals surface area contributed by atoms with Gasteiger partial charge in [-0.1, -0.05) is 6.92 Å². The fourth-order valence-corrected chi connectivity index (χ4v) is 3.09. The molecule has 1 heterocycles. The summed E-state index contributed by atoms with van der Waals surface area (Å²) in [7, 11) is 0. The van der Waals surface area contributed by atoms with E-state index < -0.39 is 0 Å². The lowest BCUT2D eigenvalue weighted by molar-refractivity contribution is -0.133. The summed E-state index contributed by atoms with van der Waals surface area (Å²) < 4.78 is 0. The van der Waals surface area contributed by atoms with Crippen molar-refractivity contribution in [2.45, 2.75) is 39.5 Å². The standard InChI is InChI=1S/C13H24N2O/c1-3-9-15(4-2)12(16)11-10-13(11)5-7-14-8-6-13/h11,14H,3-10H2,1-2H3. The highest BCUT2D eigenvalue weighted by molar-refractivity contribution is 5.82. The van der Waals surface area contributed by atoms with Crippen LogP contribution in [0.4, 0.5) is 0 Å². The van der Waals surface area contributed by atoms with Crippen LogP contribution < -0.4 is 5.32 Å². The van der Waals surface area contributed by atoms with Gasteiger partial charge in [-0.3, -0.25) is 4.79 Å². The van der Waals surface area contributed by atoms with E-state index in [2.05, 4.69) is 19.2 Å². The summed E-state index contributed by atoms with van der Waals surface area (Å²) in [5.74, 6) is 0.771. The molecule has 2 aliphatic rings. The summed E-state index contributed by atoms with van der Waals surface area (Å²) in [6.45, 7) is 8.24. The summed E-state index contributed by atoms with van der Waals surface area (Å²) in [6.07, 6.45) is 4.62. The molecule has 1 saturated heterocycles. The Labute approximate surface area is 98.6 Å². The third kappa shape index (κ3) is 2.10. The van der Waals surface area contributed by atoms with Gasteiger partial charge in [-0.2, -0.15) is 0 Å². The number of nitrogens with zero attached hydrogens (tertiary/aromatic N) is 1. The quantitative estimate of drug-likeness (QED) is 0.787. The maximum absolute atomic E-state index is 12.3. The van der Waals surface area contributed by atoms with Crippen LogP contribution in [0.5, 0.6) is 0 Å². The SMILES string of the molecule is CCCN(CC)C(=O)C1CC12CCNCC2. The highest BCUT2D eigenvalue weighted by Gasteiger charge is 2.58. The van der Waals surface area contributed by atoms with E-state index in [1.54, 1.807) is 0 Å². The molecule has 2 fully saturated rings. The van der Waals surface area contributed by atoms with Crippen molar-refractivity contribution in [3.05, 3.63) is 0 Å². The molecule has 1 saturated carbocycles. The van der Waals surface area contributed by atoms with E-state index in [-0.39, 0.29) is 0 Å². The number of nitrogens with one attached hydrogen (secondary N) is 1. The molecular weight excluding hydrogens is 200 g/mol. The summed E-state index contributed by atoms with van der Waals surface area (Å²) in [4.78, 5) is 14.3. The largest absolute Gasteiger partial charge is 0.343 e. The molecule has 0 aromatic rings. The van der Waals surface area contributed by atoms with E-state index in [4.69, 9.17) is 0 Å². The van der Waals surface area contributed by atoms with Crippen molar-refractivity contribution < 1.29 is 4.79 Å². The maximum Gasteiger partial charge on any atom is 0.226 e. The molecule has 1 atom stereocenters. The van der Waals surface area contributed by atoms with Crippen molar-refractivity contribution in [2.24, 2.45) is 11.3 Å². The average molecular weight is 224 g/mol. The second kappa shape index (κ2) is 4.74. The smallest absolute Gasteiger partial charge is 0.226 e. The molecule has 16 heavy (non-hydrogen) atoms. The van der Waals surface area contributed by atoms with Gasteiger partial charge in [0.05, 0.1) is 0 Å². The van der Waals surface area contributed by atoms with Crippen molar-refractivity contribution in [1.82, 2.24) is 10.2 Å². The summed E-state index contributed by atoms with van der Waals surface area (Å²) >= 11 is 0. The zero-order valence-corrected chi connectivity index (χ0v) is 10.6. The van der Waals surface area contributed by atoms with Crippen LogP contribution in [0.25, 0.3) is 0 Å². The number of hydrogen-bond acceptors (Lipinski definition) is 2. The first kappa shape index (κ1) is 11.9. The predicted molar refractivity (Wildman–Crippen MR) is 65.2 cm³/mol. The highest BCUT2D eigenvalue weighted by atomic mass is 16.2. The van der Waals surface area contributed by atoms with Crippen molar-refractivity contribution >= 4 is 5.91 Å². The van der Waals surface area contributed by atoms with E-state index in [9.17, 15) is 4.79 Å². The Balaban J connectivity index is 1.91. The van der Waals surface area contributed by atoms with Crippen molar-refractivity contribution in [3.63, 3.8) is 0 Å². The Bertz CT molecular complexity index is 259. The molecule has 1 aliphatic heterocycles. The summed E-state index contributed by atoms with van der Waals surface area (Å²) in [6, 6.07) is 0. The molecule has 92 valence electrons. The summed E-state index contributed by atoms with van der Waals surface area (Å²) in [5, 5.41) is 3.38. The van der Waals surface area contributed by atoms with Crippen LogP contribution in [0, 0.1) is 11.3 Å². The first-order valence-corrected chi connectivity index (χ1v) is 6.73. The van der Waals surface area contributed by atoms with Crippen LogP contribution in [0.3, 0.4) is 0 Å². The van der Waals surface area contributed by atoms with E-state index in [0.29, 0.717) is 17.2 Å². The summed E-state index contributed by atoms with van der Waals surface area (Å²) in [5.41, 5.74) is 0.392. The molecule has 0 radical (unpaired) electrons. The Morgan fingerprint density at radius 3 is 2.62 bits per heavy atom. The van der Waals surface area contributed by atoms with Gasteiger partial charge in [-0.05, 0) is 51.1 Å². The molecule has 3 nitrogen and oxygen atoms in total. The molecule has 2 rings (SSSR count). The molecule has 1 unspecified atom stereocenters. The Morgan fingerprint density at radius 1 is 1.38 bits per heavy atom. The number of hydrogen-bond donors (Lipinski definition) is 1. The lowest BCUT2D eigenvalue weighted by Gasteiger charge is -2.26. The number of amides is 1.